The summed E-state index contributed by atoms with van der Waals surface area (Å²) in [5.74, 6) is 0.917. The molecule has 106 valence electrons. The van der Waals surface area contributed by atoms with Gasteiger partial charge in [0.05, 0.1) is 0 Å². The van der Waals surface area contributed by atoms with Crippen molar-refractivity contribution < 1.29 is 4.74 Å². The molecule has 0 aliphatic heterocycles. The molecule has 2 atom stereocenters. The normalized spacial score (nSPS) is 13.8. The van der Waals surface area contributed by atoms with Gasteiger partial charge in [0.25, 0.3) is 0 Å². The summed E-state index contributed by atoms with van der Waals surface area (Å²) in [4.78, 5) is 0. The average Bonchev–Trinajstić information content (AvgIpc) is 2.46. The molecule has 0 heterocycles. The maximum atomic E-state index is 6.18. The van der Waals surface area contributed by atoms with Crippen molar-refractivity contribution in [2.45, 2.75) is 32.4 Å². The van der Waals surface area contributed by atoms with Crippen LogP contribution in [0.4, 0.5) is 0 Å². The third-order valence-corrected chi connectivity index (χ3v) is 3.81. The molecule has 0 aliphatic rings. The van der Waals surface area contributed by atoms with E-state index < -0.39 is 0 Å². The van der Waals surface area contributed by atoms with Crippen molar-refractivity contribution in [1.29, 1.82) is 0 Å². The van der Waals surface area contributed by atoms with Crippen LogP contribution in [0.3, 0.4) is 0 Å². The van der Waals surface area contributed by atoms with Gasteiger partial charge in [-0.25, -0.2) is 0 Å². The Morgan fingerprint density at radius 1 is 1.10 bits per heavy atom. The maximum absolute atomic E-state index is 6.18. The fourth-order valence-electron chi connectivity index (χ4n) is 2.18. The summed E-state index contributed by atoms with van der Waals surface area (Å²) in [6.45, 7) is 4.10. The van der Waals surface area contributed by atoms with Gasteiger partial charge in [-0.3, -0.25) is 0 Å². The summed E-state index contributed by atoms with van der Waals surface area (Å²) in [7, 11) is 0. The number of halogens is 1. The van der Waals surface area contributed by atoms with E-state index >= 15 is 0 Å². The molecule has 0 bridgehead atoms. The van der Waals surface area contributed by atoms with Crippen LogP contribution in [0.15, 0.2) is 53.0 Å². The first kappa shape index (κ1) is 15.1. The quantitative estimate of drug-likeness (QED) is 0.875. The first-order valence-corrected chi connectivity index (χ1v) is 7.66. The van der Waals surface area contributed by atoms with Crippen molar-refractivity contribution in [3.63, 3.8) is 0 Å². The lowest BCUT2D eigenvalue weighted by Gasteiger charge is -2.24. The van der Waals surface area contributed by atoms with Crippen LogP contribution in [0.1, 0.15) is 31.1 Å². The fourth-order valence-corrected chi connectivity index (χ4v) is 2.44. The van der Waals surface area contributed by atoms with Gasteiger partial charge in [0.1, 0.15) is 11.9 Å². The van der Waals surface area contributed by atoms with Crippen molar-refractivity contribution in [2.24, 2.45) is 5.73 Å². The molecule has 0 saturated carbocycles. The van der Waals surface area contributed by atoms with Crippen LogP contribution in [0.2, 0.25) is 0 Å². The average molecular weight is 334 g/mol. The van der Waals surface area contributed by atoms with Crippen LogP contribution in [0.5, 0.6) is 5.75 Å². The minimum absolute atomic E-state index is 0.0823. The molecule has 0 aromatic heterocycles. The third-order valence-electron chi connectivity index (χ3n) is 3.28. The zero-order valence-corrected chi connectivity index (χ0v) is 13.4. The minimum atomic E-state index is -0.143. The molecule has 0 saturated heterocycles. The van der Waals surface area contributed by atoms with Gasteiger partial charge in [0.15, 0.2) is 0 Å². The van der Waals surface area contributed by atoms with E-state index in [1.807, 2.05) is 49.4 Å². The first-order chi connectivity index (χ1) is 9.61. The van der Waals surface area contributed by atoms with Crippen LogP contribution in [0, 0.1) is 0 Å². The zero-order valence-electron chi connectivity index (χ0n) is 11.8. The molecule has 2 N–H and O–H groups in total. The van der Waals surface area contributed by atoms with Gasteiger partial charge in [-0.15, -0.1) is 0 Å². The highest BCUT2D eigenvalue weighted by atomic mass is 79.9. The lowest BCUT2D eigenvalue weighted by molar-refractivity contribution is 0.179. The van der Waals surface area contributed by atoms with Gasteiger partial charge in [-0.2, -0.15) is 0 Å². The van der Waals surface area contributed by atoms with Crippen LogP contribution in [0.25, 0.3) is 0 Å². The van der Waals surface area contributed by atoms with Crippen LogP contribution < -0.4 is 10.5 Å². The van der Waals surface area contributed by atoms with Crippen molar-refractivity contribution in [1.82, 2.24) is 0 Å². The predicted octanol–water partition coefficient (Wildman–Crippen LogP) is 4.48. The molecule has 2 aromatic rings. The number of hydrogen-bond donors (Lipinski definition) is 1. The Morgan fingerprint density at radius 3 is 2.35 bits per heavy atom. The molecule has 3 heteroatoms. The van der Waals surface area contributed by atoms with E-state index in [2.05, 4.69) is 28.9 Å². The Labute approximate surface area is 129 Å². The molecule has 2 unspecified atom stereocenters. The topological polar surface area (TPSA) is 35.2 Å². The lowest BCUT2D eigenvalue weighted by Crippen LogP contribution is -2.29. The summed E-state index contributed by atoms with van der Waals surface area (Å²) < 4.78 is 7.24. The van der Waals surface area contributed by atoms with E-state index in [0.29, 0.717) is 0 Å². The molecule has 0 aliphatic carbocycles. The molecule has 0 fully saturated rings. The molecule has 0 amide bonds. The Bertz CT molecular complexity index is 551. The van der Waals surface area contributed by atoms with Gasteiger partial charge in [-0.1, -0.05) is 53.2 Å². The Morgan fingerprint density at radius 2 is 1.75 bits per heavy atom. The second-order valence-corrected chi connectivity index (χ2v) is 5.83. The number of para-hydroxylation sites is 1. The summed E-state index contributed by atoms with van der Waals surface area (Å²) in [5.41, 5.74) is 8.41. The summed E-state index contributed by atoms with van der Waals surface area (Å²) in [6, 6.07) is 16.2. The Balaban J connectivity index is 2.28. The van der Waals surface area contributed by atoms with Crippen molar-refractivity contribution in [3.05, 3.63) is 64.1 Å². The lowest BCUT2D eigenvalue weighted by atomic mass is 10.0. The van der Waals surface area contributed by atoms with E-state index in [-0.39, 0.29) is 12.1 Å². The molecule has 0 spiro atoms. The van der Waals surface area contributed by atoms with E-state index in [1.54, 1.807) is 0 Å². The minimum Gasteiger partial charge on any atom is -0.484 e. The number of aryl methyl sites for hydroxylation is 1. The van der Waals surface area contributed by atoms with Crippen LogP contribution >= 0.6 is 15.9 Å². The van der Waals surface area contributed by atoms with Gasteiger partial charge in [-0.05, 0) is 42.7 Å². The standard InChI is InChI=1S/C17H20BrNO/c1-3-13-6-4-5-7-16(13)20-17(12(2)19)14-8-10-15(18)11-9-14/h4-12,17H,3,19H2,1-2H3. The first-order valence-electron chi connectivity index (χ1n) is 6.87. The van der Waals surface area contributed by atoms with Crippen molar-refractivity contribution >= 4 is 15.9 Å². The zero-order chi connectivity index (χ0) is 14.5. The Hall–Kier alpha value is -1.32. The van der Waals surface area contributed by atoms with E-state index in [9.17, 15) is 0 Å². The number of benzene rings is 2. The molecular weight excluding hydrogens is 314 g/mol. The molecule has 20 heavy (non-hydrogen) atoms. The van der Waals surface area contributed by atoms with Crippen molar-refractivity contribution in [2.75, 3.05) is 0 Å². The number of rotatable bonds is 5. The number of hydrogen-bond acceptors (Lipinski definition) is 2. The molecule has 2 aromatic carbocycles. The molecular formula is C17H20BrNO. The second-order valence-electron chi connectivity index (χ2n) is 4.91. The number of nitrogens with two attached hydrogens (primary N) is 1. The monoisotopic (exact) mass is 333 g/mol. The van der Waals surface area contributed by atoms with Crippen LogP contribution in [-0.2, 0) is 6.42 Å². The second kappa shape index (κ2) is 6.91. The van der Waals surface area contributed by atoms with Crippen molar-refractivity contribution in [3.8, 4) is 5.75 Å². The summed E-state index contributed by atoms with van der Waals surface area (Å²) in [6.07, 6.45) is 0.804. The van der Waals surface area contributed by atoms with Crippen LogP contribution in [-0.4, -0.2) is 6.04 Å². The van der Waals surface area contributed by atoms with E-state index in [4.69, 9.17) is 10.5 Å². The van der Waals surface area contributed by atoms with E-state index in [1.165, 1.54) is 5.56 Å². The maximum Gasteiger partial charge on any atom is 0.138 e. The SMILES string of the molecule is CCc1ccccc1OC(c1ccc(Br)cc1)C(C)N. The van der Waals surface area contributed by atoms with Gasteiger partial charge in [0.2, 0.25) is 0 Å². The van der Waals surface area contributed by atoms with E-state index in [0.717, 1.165) is 22.2 Å². The highest BCUT2D eigenvalue weighted by molar-refractivity contribution is 9.10. The summed E-state index contributed by atoms with van der Waals surface area (Å²) in [5, 5.41) is 0. The highest BCUT2D eigenvalue weighted by Gasteiger charge is 2.19. The molecule has 2 nitrogen and oxygen atoms in total. The molecule has 0 radical (unpaired) electrons. The predicted molar refractivity (Wildman–Crippen MR) is 87.0 cm³/mol. The number of ether oxygens (including phenoxy) is 1. The summed E-state index contributed by atoms with van der Waals surface area (Å²) >= 11 is 3.45. The third kappa shape index (κ3) is 3.62. The largest absolute Gasteiger partial charge is 0.484 e. The molecule has 2 rings (SSSR count). The Kier molecular flexibility index (Phi) is 5.21. The van der Waals surface area contributed by atoms with Gasteiger partial charge in [0, 0.05) is 10.5 Å². The highest BCUT2D eigenvalue weighted by Crippen LogP contribution is 2.28. The smallest absolute Gasteiger partial charge is 0.138 e. The van der Waals surface area contributed by atoms with Gasteiger partial charge >= 0.3 is 0 Å². The fraction of sp³-hybridized carbons (Fsp3) is 0.294. The van der Waals surface area contributed by atoms with Gasteiger partial charge < -0.3 is 10.5 Å².